The van der Waals surface area contributed by atoms with Crippen molar-refractivity contribution >= 4 is 39.1 Å². The summed E-state index contributed by atoms with van der Waals surface area (Å²) in [6, 6.07) is 54.2. The first-order valence-electron chi connectivity index (χ1n) is 20.6. The predicted octanol–water partition coefficient (Wildman–Crippen LogP) is 12.3. The van der Waals surface area contributed by atoms with Crippen LogP contribution in [-0.4, -0.2) is 47.6 Å². The SMILES string of the molecule is COc1ccc(C2=C(c3ccc(OC)cc3)N3C(=C(c4ccc(OC)cc4)c4cccc5c(-c6ccc(OC)cc6)c(-c6ccc(OC)cc6)nc3c45)c3ccc(OC)cc32)cc1. The van der Waals surface area contributed by atoms with Crippen LogP contribution in [0, 0.1) is 0 Å². The maximum Gasteiger partial charge on any atom is 0.146 e. The van der Waals surface area contributed by atoms with Crippen molar-refractivity contribution in [2.75, 3.05) is 47.6 Å². The third-order valence-corrected chi connectivity index (χ3v) is 12.0. The highest BCUT2D eigenvalue weighted by Gasteiger charge is 2.40. The van der Waals surface area contributed by atoms with Gasteiger partial charge in [-0.15, -0.1) is 0 Å². The number of methoxy groups -OCH3 is 6. The Labute approximate surface area is 366 Å². The van der Waals surface area contributed by atoms with Crippen molar-refractivity contribution in [3.05, 3.63) is 191 Å². The lowest BCUT2D eigenvalue weighted by atomic mass is 9.78. The van der Waals surface area contributed by atoms with Crippen molar-refractivity contribution in [3.63, 3.8) is 0 Å². The van der Waals surface area contributed by atoms with Crippen LogP contribution in [0.5, 0.6) is 34.5 Å². The predicted molar refractivity (Wildman–Crippen MR) is 252 cm³/mol. The Morgan fingerprint density at radius 2 is 0.794 bits per heavy atom. The number of rotatable bonds is 11. The molecule has 310 valence electrons. The van der Waals surface area contributed by atoms with Gasteiger partial charge in [0.15, 0.2) is 0 Å². The molecular weight excluding hydrogens is 785 g/mol. The Balaban J connectivity index is 1.41. The second kappa shape index (κ2) is 16.1. The molecule has 0 N–H and O–H groups in total. The molecule has 0 unspecified atom stereocenters. The van der Waals surface area contributed by atoms with Crippen LogP contribution in [-0.2, 0) is 0 Å². The van der Waals surface area contributed by atoms with Crippen LogP contribution in [0.3, 0.4) is 0 Å². The highest BCUT2D eigenvalue weighted by molar-refractivity contribution is 6.27. The summed E-state index contributed by atoms with van der Waals surface area (Å²) in [6.07, 6.45) is 0. The van der Waals surface area contributed by atoms with Crippen LogP contribution in [0.4, 0.5) is 5.82 Å². The normalized spacial score (nSPS) is 12.8. The van der Waals surface area contributed by atoms with Crippen LogP contribution >= 0.6 is 0 Å². The molecule has 0 bridgehead atoms. The monoisotopic (exact) mass is 828 g/mol. The molecule has 7 aromatic carbocycles. The molecule has 0 aliphatic carbocycles. The summed E-state index contributed by atoms with van der Waals surface area (Å²) in [5, 5.41) is 2.08. The summed E-state index contributed by atoms with van der Waals surface area (Å²) in [4.78, 5) is 8.27. The molecule has 1 aromatic heterocycles. The Hall–Kier alpha value is -7.97. The van der Waals surface area contributed by atoms with E-state index in [2.05, 4.69) is 95.9 Å². The number of nitrogens with zero attached hydrogens (tertiary/aromatic N) is 2. The highest BCUT2D eigenvalue weighted by Crippen LogP contribution is 2.57. The van der Waals surface area contributed by atoms with Crippen LogP contribution in [0.15, 0.2) is 158 Å². The summed E-state index contributed by atoms with van der Waals surface area (Å²) in [5.41, 5.74) is 13.9. The second-order valence-electron chi connectivity index (χ2n) is 15.2. The first-order valence-corrected chi connectivity index (χ1v) is 20.6. The van der Waals surface area contributed by atoms with Gasteiger partial charge in [-0.3, -0.25) is 4.90 Å². The number of anilines is 1. The van der Waals surface area contributed by atoms with Gasteiger partial charge in [-0.25, -0.2) is 4.98 Å². The van der Waals surface area contributed by atoms with E-state index in [1.54, 1.807) is 42.7 Å². The van der Waals surface area contributed by atoms with Crippen molar-refractivity contribution < 1.29 is 28.4 Å². The van der Waals surface area contributed by atoms with Crippen molar-refractivity contribution in [1.82, 2.24) is 4.98 Å². The molecule has 8 aromatic rings. The summed E-state index contributed by atoms with van der Waals surface area (Å²) < 4.78 is 34.3. The molecule has 0 saturated heterocycles. The van der Waals surface area contributed by atoms with Crippen molar-refractivity contribution in [2.45, 2.75) is 0 Å². The molecule has 10 rings (SSSR count). The molecule has 8 nitrogen and oxygen atoms in total. The smallest absolute Gasteiger partial charge is 0.146 e. The molecule has 2 aliphatic heterocycles. The van der Waals surface area contributed by atoms with Crippen LogP contribution < -0.4 is 33.3 Å². The highest BCUT2D eigenvalue weighted by atomic mass is 16.5. The Morgan fingerprint density at radius 1 is 0.365 bits per heavy atom. The van der Waals surface area contributed by atoms with Gasteiger partial charge in [-0.1, -0.05) is 54.6 Å². The van der Waals surface area contributed by atoms with E-state index in [-0.39, 0.29) is 0 Å². The average Bonchev–Trinajstić information content (AvgIpc) is 3.36. The van der Waals surface area contributed by atoms with E-state index in [0.29, 0.717) is 0 Å². The van der Waals surface area contributed by atoms with Gasteiger partial charge in [0.25, 0.3) is 0 Å². The fourth-order valence-corrected chi connectivity index (χ4v) is 8.97. The lowest BCUT2D eigenvalue weighted by Crippen LogP contribution is -2.30. The van der Waals surface area contributed by atoms with Crippen molar-refractivity contribution in [1.29, 1.82) is 0 Å². The Morgan fingerprint density at radius 3 is 1.29 bits per heavy atom. The molecule has 0 atom stereocenters. The molecule has 0 saturated carbocycles. The van der Waals surface area contributed by atoms with Crippen LogP contribution in [0.25, 0.3) is 55.7 Å². The van der Waals surface area contributed by atoms with Gasteiger partial charge in [-0.05, 0) is 142 Å². The van der Waals surface area contributed by atoms with E-state index in [1.807, 2.05) is 66.7 Å². The summed E-state index contributed by atoms with van der Waals surface area (Å²) in [7, 11) is 10.2. The van der Waals surface area contributed by atoms with Crippen LogP contribution in [0.1, 0.15) is 33.4 Å². The first kappa shape index (κ1) is 39.2. The van der Waals surface area contributed by atoms with Gasteiger partial charge < -0.3 is 28.4 Å². The molecule has 3 heterocycles. The van der Waals surface area contributed by atoms with Gasteiger partial charge in [0, 0.05) is 33.2 Å². The standard InChI is InChI=1S/C55H44N2O6/c1-58-38-20-10-33(11-21-38)48-45-8-7-9-46-49(34-12-22-39(59-2)23-13-34)54-44-31-30-43(63-6)32-47(44)50(35-14-24-40(60-3)25-15-35)53(37-18-28-42(62-5)29-19-37)57(54)55(51(45)46)56-52(48)36-16-26-41(61-4)27-17-36/h7-32H,1-6H3. The molecule has 63 heavy (non-hydrogen) atoms. The molecular formula is C55H44N2O6. The maximum atomic E-state index is 5.97. The Bertz CT molecular complexity index is 3080. The third-order valence-electron chi connectivity index (χ3n) is 12.0. The van der Waals surface area contributed by atoms with E-state index < -0.39 is 0 Å². The molecule has 0 fully saturated rings. The lowest BCUT2D eigenvalue weighted by Gasteiger charge is -2.42. The number of ether oxygens (including phenoxy) is 6. The van der Waals surface area contributed by atoms with E-state index >= 15 is 0 Å². The van der Waals surface area contributed by atoms with Crippen molar-refractivity contribution in [3.8, 4) is 56.9 Å². The number of hydrogen-bond acceptors (Lipinski definition) is 8. The fourth-order valence-electron chi connectivity index (χ4n) is 8.97. The quantitative estimate of drug-likeness (QED) is 0.128. The minimum absolute atomic E-state index is 0.747. The fraction of sp³-hybridized carbons (Fsp3) is 0.109. The van der Waals surface area contributed by atoms with E-state index in [1.165, 1.54) is 0 Å². The van der Waals surface area contributed by atoms with Gasteiger partial charge in [0.05, 0.1) is 59.7 Å². The minimum atomic E-state index is 0.747. The number of pyridine rings is 1. The Kier molecular flexibility index (Phi) is 10.0. The summed E-state index contributed by atoms with van der Waals surface area (Å²) in [6.45, 7) is 0. The summed E-state index contributed by atoms with van der Waals surface area (Å²) in [5.74, 6) is 5.39. The zero-order chi connectivity index (χ0) is 43.2. The number of hydrogen-bond donors (Lipinski definition) is 0. The molecule has 8 heteroatoms. The summed E-state index contributed by atoms with van der Waals surface area (Å²) >= 11 is 0. The topological polar surface area (TPSA) is 71.5 Å². The van der Waals surface area contributed by atoms with E-state index in [4.69, 9.17) is 33.4 Å². The van der Waals surface area contributed by atoms with Gasteiger partial charge in [0.2, 0.25) is 0 Å². The number of benzene rings is 7. The zero-order valence-electron chi connectivity index (χ0n) is 35.9. The number of fused-ring (bicyclic) bond motifs is 4. The molecule has 0 spiro atoms. The second-order valence-corrected chi connectivity index (χ2v) is 15.2. The maximum absolute atomic E-state index is 5.97. The molecule has 0 radical (unpaired) electrons. The molecule has 0 amide bonds. The van der Waals surface area contributed by atoms with Gasteiger partial charge >= 0.3 is 0 Å². The average molecular weight is 829 g/mol. The van der Waals surface area contributed by atoms with E-state index in [0.717, 1.165) is 129 Å². The van der Waals surface area contributed by atoms with Gasteiger partial charge in [0.1, 0.15) is 40.3 Å². The minimum Gasteiger partial charge on any atom is -0.497 e. The number of aromatic nitrogens is 1. The molecule has 2 aliphatic rings. The van der Waals surface area contributed by atoms with Crippen molar-refractivity contribution in [2.24, 2.45) is 0 Å². The first-order chi connectivity index (χ1) is 31.0. The lowest BCUT2D eigenvalue weighted by molar-refractivity contribution is 0.414. The van der Waals surface area contributed by atoms with Gasteiger partial charge in [-0.2, -0.15) is 0 Å². The zero-order valence-corrected chi connectivity index (χ0v) is 35.9. The van der Waals surface area contributed by atoms with Crippen LogP contribution in [0.2, 0.25) is 0 Å². The van der Waals surface area contributed by atoms with E-state index in [9.17, 15) is 0 Å². The largest absolute Gasteiger partial charge is 0.497 e. The third kappa shape index (κ3) is 6.59.